The molecule has 0 saturated heterocycles. The summed E-state index contributed by atoms with van der Waals surface area (Å²) in [5.74, 6) is 1.19. The van der Waals surface area contributed by atoms with Crippen molar-refractivity contribution < 1.29 is 14.3 Å². The molecule has 0 aliphatic carbocycles. The Morgan fingerprint density at radius 2 is 2.20 bits per heavy atom. The molecule has 0 aliphatic heterocycles. The van der Waals surface area contributed by atoms with Crippen molar-refractivity contribution >= 4 is 11.6 Å². The first kappa shape index (κ1) is 11.4. The molecule has 0 saturated carbocycles. The van der Waals surface area contributed by atoms with Crippen molar-refractivity contribution in [2.24, 2.45) is 0 Å². The molecule has 0 spiro atoms. The molecular formula is C11H15NO3. The van der Waals surface area contributed by atoms with Crippen LogP contribution in [-0.4, -0.2) is 19.6 Å². The van der Waals surface area contributed by atoms with Gasteiger partial charge in [0.2, 0.25) is 5.91 Å². The number of hydrogen-bond acceptors (Lipinski definition) is 3. The van der Waals surface area contributed by atoms with Crippen molar-refractivity contribution in [3.8, 4) is 11.5 Å². The number of ether oxygens (including phenoxy) is 2. The molecule has 0 fully saturated rings. The highest BCUT2D eigenvalue weighted by molar-refractivity contribution is 5.90. The Labute approximate surface area is 89.2 Å². The van der Waals surface area contributed by atoms with Gasteiger partial charge >= 0.3 is 0 Å². The van der Waals surface area contributed by atoms with E-state index >= 15 is 0 Å². The monoisotopic (exact) mass is 209 g/mol. The summed E-state index contributed by atoms with van der Waals surface area (Å²) in [6.45, 7) is 3.97. The van der Waals surface area contributed by atoms with Gasteiger partial charge in [-0.2, -0.15) is 0 Å². The lowest BCUT2D eigenvalue weighted by Crippen LogP contribution is -2.07. The molecule has 0 unspecified atom stereocenters. The third kappa shape index (κ3) is 3.16. The Morgan fingerprint density at radius 3 is 2.73 bits per heavy atom. The Kier molecular flexibility index (Phi) is 3.97. The standard InChI is InChI=1S/C11H15NO3/c1-4-15-9-5-6-10(12-8(2)13)11(7-9)14-3/h5-7H,4H2,1-3H3,(H,12,13). The van der Waals surface area contributed by atoms with Crippen LogP contribution in [0.3, 0.4) is 0 Å². The van der Waals surface area contributed by atoms with E-state index in [-0.39, 0.29) is 5.91 Å². The van der Waals surface area contributed by atoms with Crippen LogP contribution in [0, 0.1) is 0 Å². The molecule has 82 valence electrons. The molecule has 4 nitrogen and oxygen atoms in total. The fourth-order valence-electron chi connectivity index (χ4n) is 1.22. The van der Waals surface area contributed by atoms with Crippen LogP contribution in [-0.2, 0) is 4.79 Å². The molecule has 4 heteroatoms. The summed E-state index contributed by atoms with van der Waals surface area (Å²) in [7, 11) is 1.55. The largest absolute Gasteiger partial charge is 0.494 e. The molecule has 0 aromatic heterocycles. The first-order chi connectivity index (χ1) is 7.17. The second-order valence-electron chi connectivity index (χ2n) is 2.98. The summed E-state index contributed by atoms with van der Waals surface area (Å²) in [5, 5.41) is 2.67. The van der Waals surface area contributed by atoms with E-state index in [1.807, 2.05) is 6.92 Å². The predicted molar refractivity (Wildman–Crippen MR) is 58.5 cm³/mol. The molecule has 0 heterocycles. The van der Waals surface area contributed by atoms with Crippen molar-refractivity contribution in [3.63, 3.8) is 0 Å². The lowest BCUT2D eigenvalue weighted by Gasteiger charge is -2.10. The number of hydrogen-bond donors (Lipinski definition) is 1. The van der Waals surface area contributed by atoms with Crippen molar-refractivity contribution in [2.45, 2.75) is 13.8 Å². The lowest BCUT2D eigenvalue weighted by atomic mass is 10.2. The predicted octanol–water partition coefficient (Wildman–Crippen LogP) is 2.05. The summed E-state index contributed by atoms with van der Waals surface area (Å²) in [4.78, 5) is 10.9. The first-order valence-corrected chi connectivity index (χ1v) is 4.75. The minimum Gasteiger partial charge on any atom is -0.494 e. The number of carbonyl (C=O) groups is 1. The smallest absolute Gasteiger partial charge is 0.221 e. The van der Waals surface area contributed by atoms with Gasteiger partial charge < -0.3 is 14.8 Å². The molecule has 15 heavy (non-hydrogen) atoms. The summed E-state index contributed by atoms with van der Waals surface area (Å²) in [6.07, 6.45) is 0. The van der Waals surface area contributed by atoms with Crippen molar-refractivity contribution in [2.75, 3.05) is 19.0 Å². The van der Waals surface area contributed by atoms with E-state index in [1.165, 1.54) is 6.92 Å². The summed E-state index contributed by atoms with van der Waals surface area (Å²) < 4.78 is 10.5. The molecule has 0 radical (unpaired) electrons. The van der Waals surface area contributed by atoms with E-state index in [2.05, 4.69) is 5.32 Å². The molecule has 1 N–H and O–H groups in total. The zero-order valence-electron chi connectivity index (χ0n) is 9.16. The lowest BCUT2D eigenvalue weighted by molar-refractivity contribution is -0.114. The number of benzene rings is 1. The maximum absolute atomic E-state index is 10.9. The quantitative estimate of drug-likeness (QED) is 0.825. The average molecular weight is 209 g/mol. The molecule has 0 atom stereocenters. The van der Waals surface area contributed by atoms with E-state index in [9.17, 15) is 4.79 Å². The van der Waals surface area contributed by atoms with Crippen LogP contribution in [0.1, 0.15) is 13.8 Å². The van der Waals surface area contributed by atoms with E-state index in [0.29, 0.717) is 18.0 Å². The van der Waals surface area contributed by atoms with Gasteiger partial charge in [0.1, 0.15) is 11.5 Å². The minimum atomic E-state index is -0.127. The van der Waals surface area contributed by atoms with Gasteiger partial charge in [-0.05, 0) is 19.1 Å². The Morgan fingerprint density at radius 1 is 1.47 bits per heavy atom. The molecular weight excluding hydrogens is 194 g/mol. The zero-order chi connectivity index (χ0) is 11.3. The number of methoxy groups -OCH3 is 1. The van der Waals surface area contributed by atoms with E-state index in [0.717, 1.165) is 5.75 Å². The molecule has 1 aromatic rings. The fraction of sp³-hybridized carbons (Fsp3) is 0.364. The van der Waals surface area contributed by atoms with Gasteiger partial charge in [-0.1, -0.05) is 0 Å². The highest BCUT2D eigenvalue weighted by Crippen LogP contribution is 2.28. The number of anilines is 1. The normalized spacial score (nSPS) is 9.53. The van der Waals surface area contributed by atoms with Crippen LogP contribution >= 0.6 is 0 Å². The Bertz CT molecular complexity index is 350. The van der Waals surface area contributed by atoms with Crippen molar-refractivity contribution in [1.82, 2.24) is 0 Å². The fourth-order valence-corrected chi connectivity index (χ4v) is 1.22. The molecule has 0 bridgehead atoms. The first-order valence-electron chi connectivity index (χ1n) is 4.75. The van der Waals surface area contributed by atoms with Crippen molar-refractivity contribution in [3.05, 3.63) is 18.2 Å². The summed E-state index contributed by atoms with van der Waals surface area (Å²) >= 11 is 0. The number of nitrogens with one attached hydrogen (secondary N) is 1. The van der Waals surface area contributed by atoms with Gasteiger partial charge in [0.05, 0.1) is 19.4 Å². The van der Waals surface area contributed by atoms with Gasteiger partial charge in [0.25, 0.3) is 0 Å². The third-order valence-electron chi connectivity index (χ3n) is 1.79. The molecule has 1 amide bonds. The number of rotatable bonds is 4. The minimum absolute atomic E-state index is 0.127. The van der Waals surface area contributed by atoms with Gasteiger partial charge in [-0.25, -0.2) is 0 Å². The van der Waals surface area contributed by atoms with Crippen LogP contribution in [0.15, 0.2) is 18.2 Å². The Balaban J connectivity index is 2.92. The number of carbonyl (C=O) groups excluding carboxylic acids is 1. The summed E-state index contributed by atoms with van der Waals surface area (Å²) in [5.41, 5.74) is 0.647. The summed E-state index contributed by atoms with van der Waals surface area (Å²) in [6, 6.07) is 5.29. The van der Waals surface area contributed by atoms with Crippen LogP contribution in [0.4, 0.5) is 5.69 Å². The second kappa shape index (κ2) is 5.24. The van der Waals surface area contributed by atoms with Gasteiger partial charge in [0.15, 0.2) is 0 Å². The van der Waals surface area contributed by atoms with E-state index < -0.39 is 0 Å². The van der Waals surface area contributed by atoms with Crippen molar-refractivity contribution in [1.29, 1.82) is 0 Å². The zero-order valence-corrected chi connectivity index (χ0v) is 9.16. The molecule has 1 rings (SSSR count). The van der Waals surface area contributed by atoms with Crippen LogP contribution in [0.2, 0.25) is 0 Å². The second-order valence-corrected chi connectivity index (χ2v) is 2.98. The third-order valence-corrected chi connectivity index (χ3v) is 1.79. The maximum Gasteiger partial charge on any atom is 0.221 e. The number of amides is 1. The maximum atomic E-state index is 10.9. The van der Waals surface area contributed by atoms with Gasteiger partial charge in [-0.3, -0.25) is 4.79 Å². The van der Waals surface area contributed by atoms with E-state index in [1.54, 1.807) is 25.3 Å². The molecule has 1 aromatic carbocycles. The van der Waals surface area contributed by atoms with Crippen LogP contribution in [0.25, 0.3) is 0 Å². The van der Waals surface area contributed by atoms with E-state index in [4.69, 9.17) is 9.47 Å². The Hall–Kier alpha value is -1.71. The highest BCUT2D eigenvalue weighted by atomic mass is 16.5. The van der Waals surface area contributed by atoms with Gasteiger partial charge in [0, 0.05) is 13.0 Å². The van der Waals surface area contributed by atoms with Gasteiger partial charge in [-0.15, -0.1) is 0 Å². The topological polar surface area (TPSA) is 47.6 Å². The molecule has 0 aliphatic rings. The average Bonchev–Trinajstić information content (AvgIpc) is 2.20. The SMILES string of the molecule is CCOc1ccc(NC(C)=O)c(OC)c1. The highest BCUT2D eigenvalue weighted by Gasteiger charge is 2.05. The van der Waals surface area contributed by atoms with Crippen LogP contribution < -0.4 is 14.8 Å². The van der Waals surface area contributed by atoms with Crippen LogP contribution in [0.5, 0.6) is 11.5 Å².